The molecule has 12 heteroatoms. The first-order valence-electron chi connectivity index (χ1n) is 5.75. The molecule has 0 atom stereocenters. The van der Waals surface area contributed by atoms with Crippen LogP contribution in [0, 0.1) is 0 Å². The van der Waals surface area contributed by atoms with Gasteiger partial charge in [0.1, 0.15) is 14.8 Å². The highest BCUT2D eigenvalue weighted by atomic mass is 127. The Kier molecular flexibility index (Phi) is 8.61. The molecule has 0 unspecified atom stereocenters. The van der Waals surface area contributed by atoms with Crippen molar-refractivity contribution in [2.45, 2.75) is 12.7 Å². The number of guanidine groups is 1. The molecule has 0 amide bonds. The minimum absolute atomic E-state index is 0. The largest absolute Gasteiger partial charge is 0.434 e. The predicted octanol–water partition coefficient (Wildman–Crippen LogP) is 1.49. The molecule has 0 aliphatic heterocycles. The molecule has 0 spiro atoms. The van der Waals surface area contributed by atoms with Crippen molar-refractivity contribution in [2.75, 3.05) is 25.6 Å². The molecule has 0 saturated heterocycles. The van der Waals surface area contributed by atoms with Crippen LogP contribution in [0.25, 0.3) is 0 Å². The van der Waals surface area contributed by atoms with Crippen LogP contribution in [-0.4, -0.2) is 45.0 Å². The van der Waals surface area contributed by atoms with Gasteiger partial charge in [0.25, 0.3) is 0 Å². The van der Waals surface area contributed by atoms with Crippen LogP contribution in [0.4, 0.5) is 13.2 Å². The van der Waals surface area contributed by atoms with E-state index in [2.05, 4.69) is 20.6 Å². The molecule has 0 radical (unpaired) electrons. The molecule has 1 aromatic rings. The number of halogens is 4. The smallest absolute Gasteiger partial charge is 0.355 e. The summed E-state index contributed by atoms with van der Waals surface area (Å²) in [5.41, 5.74) is -0.927. The van der Waals surface area contributed by atoms with Crippen molar-refractivity contribution in [2.24, 2.45) is 4.99 Å². The lowest BCUT2D eigenvalue weighted by atomic mass is 10.5. The zero-order valence-electron chi connectivity index (χ0n) is 11.8. The molecule has 0 aliphatic rings. The molecular formula is C10H16F3IN4O2S2. The van der Waals surface area contributed by atoms with E-state index in [0.717, 1.165) is 23.0 Å². The highest BCUT2D eigenvalue weighted by Crippen LogP contribution is 2.29. The molecule has 0 bridgehead atoms. The van der Waals surface area contributed by atoms with E-state index >= 15 is 0 Å². The highest BCUT2D eigenvalue weighted by Gasteiger charge is 2.33. The molecule has 0 aromatic carbocycles. The standard InChI is InChI=1S/C10H15F3N4O2S2.HI/c1-14-9(15-3-4-21(2,18)19)16-5-8-17-7(6-20-8)10(11,12)13;/h6H,3-5H2,1-2H3,(H2,14,15,16);1H. The number of aliphatic imine (C=N–C) groups is 1. The Morgan fingerprint density at radius 1 is 1.41 bits per heavy atom. The van der Waals surface area contributed by atoms with Crippen LogP contribution in [0.15, 0.2) is 10.4 Å². The van der Waals surface area contributed by atoms with Gasteiger partial charge in [0.15, 0.2) is 11.7 Å². The number of nitrogens with one attached hydrogen (secondary N) is 2. The van der Waals surface area contributed by atoms with Crippen LogP contribution in [0.3, 0.4) is 0 Å². The first-order chi connectivity index (χ1) is 9.62. The van der Waals surface area contributed by atoms with E-state index in [9.17, 15) is 21.6 Å². The molecule has 2 N–H and O–H groups in total. The Labute approximate surface area is 147 Å². The topological polar surface area (TPSA) is 83.5 Å². The average Bonchev–Trinajstić information content (AvgIpc) is 2.80. The van der Waals surface area contributed by atoms with Gasteiger partial charge in [-0.1, -0.05) is 0 Å². The number of thiazole rings is 1. The van der Waals surface area contributed by atoms with Gasteiger partial charge < -0.3 is 10.6 Å². The number of hydrogen-bond donors (Lipinski definition) is 2. The second kappa shape index (κ2) is 8.86. The summed E-state index contributed by atoms with van der Waals surface area (Å²) in [5.74, 6) is 0.228. The van der Waals surface area contributed by atoms with E-state index in [0.29, 0.717) is 5.96 Å². The molecule has 0 saturated carbocycles. The van der Waals surface area contributed by atoms with Crippen molar-refractivity contribution in [3.63, 3.8) is 0 Å². The quantitative estimate of drug-likeness (QED) is 0.386. The zero-order valence-corrected chi connectivity index (χ0v) is 15.7. The number of hydrogen-bond acceptors (Lipinski definition) is 5. The number of rotatable bonds is 5. The average molecular weight is 472 g/mol. The third-order valence-corrected chi connectivity index (χ3v) is 4.03. The van der Waals surface area contributed by atoms with Crippen molar-refractivity contribution < 1.29 is 21.6 Å². The third kappa shape index (κ3) is 8.12. The van der Waals surface area contributed by atoms with E-state index in [1.807, 2.05) is 0 Å². The summed E-state index contributed by atoms with van der Waals surface area (Å²) in [6.07, 6.45) is -3.34. The van der Waals surface area contributed by atoms with Gasteiger partial charge in [-0.05, 0) is 0 Å². The molecule has 1 heterocycles. The summed E-state index contributed by atoms with van der Waals surface area (Å²) >= 11 is 0.885. The van der Waals surface area contributed by atoms with Crippen LogP contribution < -0.4 is 10.6 Å². The van der Waals surface area contributed by atoms with E-state index < -0.39 is 21.7 Å². The summed E-state index contributed by atoms with van der Waals surface area (Å²) in [6, 6.07) is 0. The SMILES string of the molecule is CN=C(NCCS(C)(=O)=O)NCc1nc(C(F)(F)F)cs1.I. The molecule has 128 valence electrons. The summed E-state index contributed by atoms with van der Waals surface area (Å²) < 4.78 is 59.1. The summed E-state index contributed by atoms with van der Waals surface area (Å²) in [6.45, 7) is 0.226. The van der Waals surface area contributed by atoms with Crippen molar-refractivity contribution in [1.29, 1.82) is 0 Å². The molecular weight excluding hydrogens is 456 g/mol. The molecule has 1 aromatic heterocycles. The van der Waals surface area contributed by atoms with Crippen LogP contribution >= 0.6 is 35.3 Å². The fourth-order valence-corrected chi connectivity index (χ4v) is 2.47. The predicted molar refractivity (Wildman–Crippen MR) is 90.4 cm³/mol. The Morgan fingerprint density at radius 2 is 2.05 bits per heavy atom. The Balaban J connectivity index is 0.00000441. The van der Waals surface area contributed by atoms with Gasteiger partial charge in [0.2, 0.25) is 0 Å². The van der Waals surface area contributed by atoms with Gasteiger partial charge in [-0.2, -0.15) is 13.2 Å². The number of nitrogens with zero attached hydrogens (tertiary/aromatic N) is 2. The van der Waals surface area contributed by atoms with Crippen LogP contribution in [-0.2, 0) is 22.6 Å². The number of sulfone groups is 1. The van der Waals surface area contributed by atoms with Gasteiger partial charge in [-0.3, -0.25) is 4.99 Å². The monoisotopic (exact) mass is 472 g/mol. The summed E-state index contributed by atoms with van der Waals surface area (Å²) in [7, 11) is -1.62. The maximum Gasteiger partial charge on any atom is 0.434 e. The second-order valence-electron chi connectivity index (χ2n) is 4.11. The zero-order chi connectivity index (χ0) is 16.1. The van der Waals surface area contributed by atoms with Crippen LogP contribution in [0.1, 0.15) is 10.7 Å². The lowest BCUT2D eigenvalue weighted by Crippen LogP contribution is -2.39. The van der Waals surface area contributed by atoms with E-state index in [-0.39, 0.29) is 47.8 Å². The summed E-state index contributed by atoms with van der Waals surface area (Å²) in [4.78, 5) is 7.29. The molecule has 0 fully saturated rings. The van der Waals surface area contributed by atoms with Crippen molar-refractivity contribution in [3.8, 4) is 0 Å². The van der Waals surface area contributed by atoms with Gasteiger partial charge in [0.05, 0.1) is 12.3 Å². The summed E-state index contributed by atoms with van der Waals surface area (Å²) in [5, 5.41) is 6.71. The van der Waals surface area contributed by atoms with Crippen LogP contribution in [0.5, 0.6) is 0 Å². The Bertz CT molecular complexity index is 602. The first-order valence-corrected chi connectivity index (χ1v) is 8.69. The Morgan fingerprint density at radius 3 is 2.50 bits per heavy atom. The maximum atomic E-state index is 12.4. The molecule has 6 nitrogen and oxygen atoms in total. The molecule has 0 aliphatic carbocycles. The normalized spacial score (nSPS) is 12.7. The van der Waals surface area contributed by atoms with Crippen molar-refractivity contribution >= 4 is 51.1 Å². The minimum Gasteiger partial charge on any atom is -0.355 e. The number of aromatic nitrogens is 1. The van der Waals surface area contributed by atoms with Gasteiger partial charge in [-0.25, -0.2) is 13.4 Å². The highest BCUT2D eigenvalue weighted by molar-refractivity contribution is 14.0. The third-order valence-electron chi connectivity index (χ3n) is 2.24. The van der Waals surface area contributed by atoms with Gasteiger partial charge in [-0.15, -0.1) is 35.3 Å². The fraction of sp³-hybridized carbons (Fsp3) is 0.600. The van der Waals surface area contributed by atoms with Crippen LogP contribution in [0.2, 0.25) is 0 Å². The van der Waals surface area contributed by atoms with E-state index in [1.54, 1.807) is 0 Å². The van der Waals surface area contributed by atoms with Crippen molar-refractivity contribution in [1.82, 2.24) is 15.6 Å². The Hall–Kier alpha value is -0.630. The lowest BCUT2D eigenvalue weighted by Gasteiger charge is -2.10. The van der Waals surface area contributed by atoms with E-state index in [4.69, 9.17) is 0 Å². The molecule has 1 rings (SSSR count). The maximum absolute atomic E-state index is 12.4. The lowest BCUT2D eigenvalue weighted by molar-refractivity contribution is -0.140. The second-order valence-corrected chi connectivity index (χ2v) is 7.31. The molecule has 22 heavy (non-hydrogen) atoms. The fourth-order valence-electron chi connectivity index (χ4n) is 1.26. The van der Waals surface area contributed by atoms with Gasteiger partial charge in [0, 0.05) is 25.2 Å². The number of alkyl halides is 3. The van der Waals surface area contributed by atoms with Crippen molar-refractivity contribution in [3.05, 3.63) is 16.1 Å². The van der Waals surface area contributed by atoms with E-state index in [1.165, 1.54) is 7.05 Å². The minimum atomic E-state index is -4.45. The van der Waals surface area contributed by atoms with Gasteiger partial charge >= 0.3 is 6.18 Å². The first kappa shape index (κ1) is 21.4.